The van der Waals surface area contributed by atoms with Crippen LogP contribution in [0.15, 0.2) is 30.3 Å². The summed E-state index contributed by atoms with van der Waals surface area (Å²) in [6, 6.07) is 11.3. The van der Waals surface area contributed by atoms with Crippen molar-refractivity contribution in [2.45, 2.75) is 37.5 Å². The number of alkyl halides is 1. The van der Waals surface area contributed by atoms with Crippen LogP contribution in [0.3, 0.4) is 0 Å². The Hall–Kier alpha value is -1.86. The third-order valence-electron chi connectivity index (χ3n) is 4.72. The third kappa shape index (κ3) is 2.98. The minimum Gasteiger partial charge on any atom is -0.309 e. The van der Waals surface area contributed by atoms with Gasteiger partial charge in [-0.1, -0.05) is 30.3 Å². The topological polar surface area (TPSA) is 58.9 Å². The number of hydrogen-bond donors (Lipinski definition) is 1. The molecule has 0 radical (unpaired) electrons. The van der Waals surface area contributed by atoms with Crippen LogP contribution in [0.2, 0.25) is 0 Å². The number of aromatic nitrogens is 4. The van der Waals surface area contributed by atoms with Crippen molar-refractivity contribution in [3.05, 3.63) is 41.7 Å². The van der Waals surface area contributed by atoms with Gasteiger partial charge >= 0.3 is 0 Å². The summed E-state index contributed by atoms with van der Waals surface area (Å²) in [5, 5.41) is 16.3. The van der Waals surface area contributed by atoms with E-state index >= 15 is 0 Å². The van der Waals surface area contributed by atoms with Gasteiger partial charge in [0.1, 0.15) is 6.67 Å². The largest absolute Gasteiger partial charge is 0.309 e. The van der Waals surface area contributed by atoms with Crippen molar-refractivity contribution < 1.29 is 4.39 Å². The maximum atomic E-state index is 12.5. The normalized spacial score (nSPS) is 25.6. The molecule has 2 saturated heterocycles. The lowest BCUT2D eigenvalue weighted by molar-refractivity contribution is 0.155. The fraction of sp³-hybridized carbons (Fsp3) is 0.562. The van der Waals surface area contributed by atoms with Gasteiger partial charge in [-0.15, -0.1) is 10.2 Å². The lowest BCUT2D eigenvalue weighted by atomic mass is 10.0. The Balaban J connectivity index is 1.66. The second-order valence-electron chi connectivity index (χ2n) is 6.34. The SMILES string of the molecule is FCCn1nnc(C(c2ccccc2)N2CC3CCC(C2)N3)n1. The standard InChI is InChI=1S/C16H21FN6/c17-8-9-23-20-16(19-21-23)15(12-4-2-1-3-5-12)22-10-13-6-7-14(11-22)18-13/h1-5,13-15,18H,6-11H2. The molecule has 1 aromatic heterocycles. The second kappa shape index (κ2) is 6.33. The molecule has 0 spiro atoms. The lowest BCUT2D eigenvalue weighted by Crippen LogP contribution is -2.52. The van der Waals surface area contributed by atoms with E-state index in [-0.39, 0.29) is 12.6 Å². The highest BCUT2D eigenvalue weighted by Gasteiger charge is 2.37. The van der Waals surface area contributed by atoms with Crippen LogP contribution < -0.4 is 5.32 Å². The number of rotatable bonds is 5. The monoisotopic (exact) mass is 316 g/mol. The second-order valence-corrected chi connectivity index (χ2v) is 6.34. The van der Waals surface area contributed by atoms with E-state index in [1.807, 2.05) is 18.2 Å². The summed E-state index contributed by atoms with van der Waals surface area (Å²) in [6.07, 6.45) is 2.45. The van der Waals surface area contributed by atoms with Gasteiger partial charge in [-0.05, 0) is 23.6 Å². The highest BCUT2D eigenvalue weighted by atomic mass is 19.1. The number of fused-ring (bicyclic) bond motifs is 2. The number of nitrogens with one attached hydrogen (secondary N) is 1. The number of aryl methyl sites for hydroxylation is 1. The van der Waals surface area contributed by atoms with Crippen molar-refractivity contribution in [1.82, 2.24) is 30.4 Å². The fourth-order valence-corrected chi connectivity index (χ4v) is 3.74. The molecule has 0 aliphatic carbocycles. The van der Waals surface area contributed by atoms with Crippen LogP contribution >= 0.6 is 0 Å². The molecule has 4 rings (SSSR count). The van der Waals surface area contributed by atoms with Gasteiger partial charge in [0.2, 0.25) is 0 Å². The van der Waals surface area contributed by atoms with E-state index in [9.17, 15) is 4.39 Å². The van der Waals surface area contributed by atoms with Crippen molar-refractivity contribution in [3.8, 4) is 0 Å². The number of hydrogen-bond acceptors (Lipinski definition) is 5. The zero-order valence-electron chi connectivity index (χ0n) is 13.0. The van der Waals surface area contributed by atoms with Crippen molar-refractivity contribution in [2.24, 2.45) is 0 Å². The summed E-state index contributed by atoms with van der Waals surface area (Å²) in [6.45, 7) is 1.63. The summed E-state index contributed by atoms with van der Waals surface area (Å²) >= 11 is 0. The van der Waals surface area contributed by atoms with Crippen LogP contribution in [0.5, 0.6) is 0 Å². The van der Waals surface area contributed by atoms with E-state index in [2.05, 4.69) is 37.8 Å². The predicted octanol–water partition coefficient (Wildman–Crippen LogP) is 1.17. The molecule has 0 amide bonds. The Morgan fingerprint density at radius 2 is 1.91 bits per heavy atom. The number of nitrogens with zero attached hydrogens (tertiary/aromatic N) is 5. The van der Waals surface area contributed by atoms with E-state index in [1.54, 1.807) is 0 Å². The first kappa shape index (κ1) is 14.7. The molecule has 2 aliphatic heterocycles. The first-order chi connectivity index (χ1) is 11.3. The van der Waals surface area contributed by atoms with Gasteiger partial charge in [0, 0.05) is 25.2 Å². The molecule has 6 nitrogen and oxygen atoms in total. The number of halogens is 1. The molecule has 2 aliphatic rings. The molecule has 1 aromatic carbocycles. The van der Waals surface area contributed by atoms with Crippen LogP contribution in [0.4, 0.5) is 4.39 Å². The molecule has 122 valence electrons. The van der Waals surface area contributed by atoms with Crippen LogP contribution in [0.25, 0.3) is 0 Å². The summed E-state index contributed by atoms with van der Waals surface area (Å²) < 4.78 is 12.5. The minimum atomic E-state index is -0.483. The quantitative estimate of drug-likeness (QED) is 0.897. The molecular weight excluding hydrogens is 295 g/mol. The van der Waals surface area contributed by atoms with Gasteiger partial charge in [-0.2, -0.15) is 4.80 Å². The van der Waals surface area contributed by atoms with Crippen LogP contribution in [-0.2, 0) is 6.54 Å². The van der Waals surface area contributed by atoms with Crippen LogP contribution in [0.1, 0.15) is 30.3 Å². The van der Waals surface area contributed by atoms with Crippen LogP contribution in [-0.4, -0.2) is 57.0 Å². The molecule has 2 aromatic rings. The Bertz CT molecular complexity index is 633. The summed E-state index contributed by atoms with van der Waals surface area (Å²) in [5.74, 6) is 0.658. The molecule has 23 heavy (non-hydrogen) atoms. The predicted molar refractivity (Wildman–Crippen MR) is 83.6 cm³/mol. The minimum absolute atomic E-state index is 0.0187. The zero-order chi connectivity index (χ0) is 15.6. The average molecular weight is 316 g/mol. The summed E-state index contributed by atoms with van der Waals surface area (Å²) in [4.78, 5) is 3.78. The van der Waals surface area contributed by atoms with Crippen LogP contribution in [0, 0.1) is 0 Å². The van der Waals surface area contributed by atoms with E-state index in [0.717, 1.165) is 18.7 Å². The Labute approximate surface area is 134 Å². The number of benzene rings is 1. The number of piperazine rings is 1. The van der Waals surface area contributed by atoms with Gasteiger partial charge in [0.15, 0.2) is 5.82 Å². The molecular formula is C16H21FN6. The highest BCUT2D eigenvalue weighted by Crippen LogP contribution is 2.31. The van der Waals surface area contributed by atoms with Crippen molar-refractivity contribution in [3.63, 3.8) is 0 Å². The fourth-order valence-electron chi connectivity index (χ4n) is 3.74. The van der Waals surface area contributed by atoms with Crippen molar-refractivity contribution in [1.29, 1.82) is 0 Å². The summed E-state index contributed by atoms with van der Waals surface area (Å²) in [5.41, 5.74) is 1.16. The number of likely N-dealkylation sites (tertiary alicyclic amines) is 1. The first-order valence-corrected chi connectivity index (χ1v) is 8.22. The average Bonchev–Trinajstić information content (AvgIpc) is 3.16. The van der Waals surface area contributed by atoms with Gasteiger partial charge in [0.25, 0.3) is 0 Å². The maximum Gasteiger partial charge on any atom is 0.196 e. The molecule has 1 N–H and O–H groups in total. The maximum absolute atomic E-state index is 12.5. The molecule has 2 fully saturated rings. The Morgan fingerprint density at radius 1 is 1.17 bits per heavy atom. The molecule has 7 heteroatoms. The van der Waals surface area contributed by atoms with E-state index < -0.39 is 6.67 Å². The molecule has 3 unspecified atom stereocenters. The summed E-state index contributed by atoms with van der Waals surface area (Å²) in [7, 11) is 0. The van der Waals surface area contributed by atoms with E-state index in [1.165, 1.54) is 17.6 Å². The van der Waals surface area contributed by atoms with Crippen molar-refractivity contribution in [2.75, 3.05) is 19.8 Å². The van der Waals surface area contributed by atoms with Crippen molar-refractivity contribution >= 4 is 0 Å². The smallest absolute Gasteiger partial charge is 0.196 e. The molecule has 3 heterocycles. The zero-order valence-corrected chi connectivity index (χ0v) is 13.0. The van der Waals surface area contributed by atoms with E-state index in [0.29, 0.717) is 17.9 Å². The van der Waals surface area contributed by atoms with Gasteiger partial charge in [-0.3, -0.25) is 4.90 Å². The number of tetrazole rings is 1. The van der Waals surface area contributed by atoms with Gasteiger partial charge < -0.3 is 5.32 Å². The van der Waals surface area contributed by atoms with Gasteiger partial charge in [0.05, 0.1) is 12.6 Å². The molecule has 3 atom stereocenters. The third-order valence-corrected chi connectivity index (χ3v) is 4.72. The lowest BCUT2D eigenvalue weighted by Gasteiger charge is -2.37. The highest BCUT2D eigenvalue weighted by molar-refractivity contribution is 5.25. The Kier molecular flexibility index (Phi) is 4.05. The first-order valence-electron chi connectivity index (χ1n) is 8.22. The molecule has 2 bridgehead atoms. The Morgan fingerprint density at radius 3 is 2.61 bits per heavy atom. The van der Waals surface area contributed by atoms with E-state index in [4.69, 9.17) is 0 Å². The molecule has 0 saturated carbocycles. The van der Waals surface area contributed by atoms with Gasteiger partial charge in [-0.25, -0.2) is 4.39 Å².